The highest BCUT2D eigenvalue weighted by Gasteiger charge is 2.10. The second-order valence-corrected chi connectivity index (χ2v) is 6.34. The maximum absolute atomic E-state index is 12.4. The first kappa shape index (κ1) is 18.5. The Kier molecular flexibility index (Phi) is 6.28. The van der Waals surface area contributed by atoms with Crippen LogP contribution in [0.4, 0.5) is 5.69 Å². The molecule has 0 fully saturated rings. The second-order valence-electron chi connectivity index (χ2n) is 5.53. The molecule has 0 bridgehead atoms. The zero-order valence-corrected chi connectivity index (χ0v) is 15.4. The van der Waals surface area contributed by atoms with Crippen LogP contribution < -0.4 is 10.9 Å². The second kappa shape index (κ2) is 8.85. The van der Waals surface area contributed by atoms with Crippen molar-refractivity contribution in [2.75, 3.05) is 18.5 Å². The van der Waals surface area contributed by atoms with Gasteiger partial charge in [0, 0.05) is 11.6 Å². The Morgan fingerprint density at radius 3 is 2.50 bits per heavy atom. The highest BCUT2D eigenvalue weighted by atomic mass is 35.5. The monoisotopic (exact) mass is 389 g/mol. The number of aromatic nitrogens is 2. The Hall–Kier alpha value is -2.34. The summed E-state index contributed by atoms with van der Waals surface area (Å²) < 4.78 is 6.86. The van der Waals surface area contributed by atoms with Crippen molar-refractivity contribution in [3.63, 3.8) is 0 Å². The van der Waals surface area contributed by atoms with Gasteiger partial charge in [0.15, 0.2) is 0 Å². The Balaban J connectivity index is 1.54. The van der Waals surface area contributed by atoms with Crippen molar-refractivity contribution in [3.8, 4) is 5.69 Å². The van der Waals surface area contributed by atoms with E-state index in [0.717, 1.165) is 5.56 Å². The third-order valence-electron chi connectivity index (χ3n) is 3.66. The summed E-state index contributed by atoms with van der Waals surface area (Å²) in [7, 11) is 0. The van der Waals surface area contributed by atoms with E-state index >= 15 is 0 Å². The number of rotatable bonds is 7. The first-order chi connectivity index (χ1) is 12.6. The number of nitrogens with one attached hydrogen (secondary N) is 1. The predicted molar refractivity (Wildman–Crippen MR) is 104 cm³/mol. The number of ether oxygens (including phenoxy) is 1. The van der Waals surface area contributed by atoms with Crippen molar-refractivity contribution < 1.29 is 4.74 Å². The fourth-order valence-corrected chi connectivity index (χ4v) is 2.66. The molecule has 134 valence electrons. The third kappa shape index (κ3) is 4.64. The molecule has 0 aliphatic rings. The van der Waals surface area contributed by atoms with Gasteiger partial charge in [0.1, 0.15) is 5.02 Å². The fourth-order valence-electron chi connectivity index (χ4n) is 2.34. The van der Waals surface area contributed by atoms with E-state index in [-0.39, 0.29) is 10.6 Å². The SMILES string of the molecule is O=c1c(Cl)c(NCCOCc2ccc(Cl)cc2)cnn1-c1ccccc1. The van der Waals surface area contributed by atoms with Crippen molar-refractivity contribution >= 4 is 28.9 Å². The summed E-state index contributed by atoms with van der Waals surface area (Å²) in [6.07, 6.45) is 1.54. The highest BCUT2D eigenvalue weighted by molar-refractivity contribution is 6.33. The van der Waals surface area contributed by atoms with E-state index in [4.69, 9.17) is 27.9 Å². The third-order valence-corrected chi connectivity index (χ3v) is 4.28. The number of anilines is 1. The summed E-state index contributed by atoms with van der Waals surface area (Å²) in [4.78, 5) is 12.4. The molecule has 0 radical (unpaired) electrons. The van der Waals surface area contributed by atoms with Crippen LogP contribution in [-0.4, -0.2) is 22.9 Å². The first-order valence-electron chi connectivity index (χ1n) is 8.04. The molecule has 2 aromatic carbocycles. The smallest absolute Gasteiger partial charge is 0.292 e. The van der Waals surface area contributed by atoms with E-state index in [9.17, 15) is 4.79 Å². The van der Waals surface area contributed by atoms with Gasteiger partial charge >= 0.3 is 0 Å². The number of halogens is 2. The summed E-state index contributed by atoms with van der Waals surface area (Å²) in [5.74, 6) is 0. The van der Waals surface area contributed by atoms with Crippen LogP contribution in [0.1, 0.15) is 5.56 Å². The Morgan fingerprint density at radius 1 is 1.04 bits per heavy atom. The van der Waals surface area contributed by atoms with Gasteiger partial charge in [0.05, 0.1) is 30.8 Å². The highest BCUT2D eigenvalue weighted by Crippen LogP contribution is 2.16. The molecule has 0 saturated heterocycles. The molecule has 3 rings (SSSR count). The average molecular weight is 390 g/mol. The molecule has 1 heterocycles. The molecular formula is C19H17Cl2N3O2. The van der Waals surface area contributed by atoms with Gasteiger partial charge in [-0.3, -0.25) is 4.79 Å². The van der Waals surface area contributed by atoms with Crippen molar-refractivity contribution in [2.45, 2.75) is 6.61 Å². The van der Waals surface area contributed by atoms with Gasteiger partial charge < -0.3 is 10.1 Å². The molecule has 0 atom stereocenters. The van der Waals surface area contributed by atoms with Crippen LogP contribution in [0.2, 0.25) is 10.0 Å². The van der Waals surface area contributed by atoms with Crippen molar-refractivity contribution in [3.05, 3.63) is 86.8 Å². The zero-order chi connectivity index (χ0) is 18.4. The van der Waals surface area contributed by atoms with E-state index in [2.05, 4.69) is 10.4 Å². The van der Waals surface area contributed by atoms with Crippen molar-refractivity contribution in [1.29, 1.82) is 0 Å². The van der Waals surface area contributed by atoms with Crippen LogP contribution in [-0.2, 0) is 11.3 Å². The minimum atomic E-state index is -0.370. The van der Waals surface area contributed by atoms with E-state index in [1.807, 2.05) is 42.5 Å². The van der Waals surface area contributed by atoms with Crippen LogP contribution in [0, 0.1) is 0 Å². The summed E-state index contributed by atoms with van der Waals surface area (Å²) in [5.41, 5.74) is 1.82. The Morgan fingerprint density at radius 2 is 1.77 bits per heavy atom. The normalized spacial score (nSPS) is 10.7. The van der Waals surface area contributed by atoms with Gasteiger partial charge in [-0.25, -0.2) is 0 Å². The van der Waals surface area contributed by atoms with Gasteiger partial charge in [-0.15, -0.1) is 0 Å². The van der Waals surface area contributed by atoms with Gasteiger partial charge in [-0.1, -0.05) is 53.5 Å². The number of para-hydroxylation sites is 1. The van der Waals surface area contributed by atoms with Crippen molar-refractivity contribution in [1.82, 2.24) is 9.78 Å². The molecule has 0 amide bonds. The zero-order valence-electron chi connectivity index (χ0n) is 13.9. The van der Waals surface area contributed by atoms with Gasteiger partial charge in [0.2, 0.25) is 0 Å². The number of hydrogen-bond acceptors (Lipinski definition) is 4. The molecule has 0 saturated carbocycles. The van der Waals surface area contributed by atoms with Gasteiger partial charge in [-0.05, 0) is 29.8 Å². The van der Waals surface area contributed by atoms with Crippen LogP contribution >= 0.6 is 23.2 Å². The minimum absolute atomic E-state index is 0.0987. The molecule has 0 spiro atoms. The number of hydrogen-bond donors (Lipinski definition) is 1. The van der Waals surface area contributed by atoms with Gasteiger partial charge in [-0.2, -0.15) is 9.78 Å². The summed E-state index contributed by atoms with van der Waals surface area (Å²) in [5, 5.41) is 8.04. The lowest BCUT2D eigenvalue weighted by Crippen LogP contribution is -2.23. The lowest BCUT2D eigenvalue weighted by Gasteiger charge is -2.10. The number of nitrogens with zero attached hydrogens (tertiary/aromatic N) is 2. The van der Waals surface area contributed by atoms with Crippen LogP contribution in [0.5, 0.6) is 0 Å². The maximum Gasteiger partial charge on any atom is 0.292 e. The largest absolute Gasteiger partial charge is 0.380 e. The molecule has 26 heavy (non-hydrogen) atoms. The Labute approximate surface area is 161 Å². The molecule has 0 aliphatic heterocycles. The molecule has 0 unspecified atom stereocenters. The maximum atomic E-state index is 12.4. The van der Waals surface area contributed by atoms with Crippen LogP contribution in [0.3, 0.4) is 0 Å². The topological polar surface area (TPSA) is 56.1 Å². The standard InChI is InChI=1S/C19H17Cl2N3O2/c20-15-8-6-14(7-9-15)13-26-11-10-22-17-12-23-24(19(25)18(17)21)16-4-2-1-3-5-16/h1-9,12,22H,10-11,13H2. The molecule has 5 nitrogen and oxygen atoms in total. The van der Waals surface area contributed by atoms with E-state index < -0.39 is 0 Å². The molecule has 1 aromatic heterocycles. The quantitative estimate of drug-likeness (QED) is 0.616. The molecular weight excluding hydrogens is 373 g/mol. The van der Waals surface area contributed by atoms with Gasteiger partial charge in [0.25, 0.3) is 5.56 Å². The Bertz CT molecular complexity index is 912. The molecule has 0 aliphatic carbocycles. The van der Waals surface area contributed by atoms with Crippen LogP contribution in [0.25, 0.3) is 5.69 Å². The number of benzene rings is 2. The lowest BCUT2D eigenvalue weighted by atomic mass is 10.2. The van der Waals surface area contributed by atoms with E-state index in [1.54, 1.807) is 12.1 Å². The summed E-state index contributed by atoms with van der Waals surface area (Å²) >= 11 is 12.0. The lowest BCUT2D eigenvalue weighted by molar-refractivity contribution is 0.130. The summed E-state index contributed by atoms with van der Waals surface area (Å²) in [6.45, 7) is 1.45. The molecule has 7 heteroatoms. The molecule has 3 aromatic rings. The first-order valence-corrected chi connectivity index (χ1v) is 8.80. The van der Waals surface area contributed by atoms with Crippen molar-refractivity contribution in [2.24, 2.45) is 0 Å². The van der Waals surface area contributed by atoms with Crippen LogP contribution in [0.15, 0.2) is 65.6 Å². The fraction of sp³-hybridized carbons (Fsp3) is 0.158. The average Bonchev–Trinajstić information content (AvgIpc) is 2.67. The predicted octanol–water partition coefficient (Wildman–Crippen LogP) is 4.17. The minimum Gasteiger partial charge on any atom is -0.380 e. The van der Waals surface area contributed by atoms with E-state index in [0.29, 0.717) is 36.2 Å². The van der Waals surface area contributed by atoms with E-state index in [1.165, 1.54) is 10.9 Å². The summed E-state index contributed by atoms with van der Waals surface area (Å²) in [6, 6.07) is 16.6. The molecule has 1 N–H and O–H groups in total.